The summed E-state index contributed by atoms with van der Waals surface area (Å²) in [6.45, 7) is 4.65. The van der Waals surface area contributed by atoms with Gasteiger partial charge in [0.2, 0.25) is 10.0 Å². The quantitative estimate of drug-likeness (QED) is 0.804. The molecule has 0 spiro atoms. The smallest absolute Gasteiger partial charge is 0.243 e. The van der Waals surface area contributed by atoms with Gasteiger partial charge in [0.15, 0.2) is 0 Å². The first kappa shape index (κ1) is 12.5. The minimum atomic E-state index is -3.41. The van der Waals surface area contributed by atoms with Crippen molar-refractivity contribution in [3.05, 3.63) is 30.3 Å². The van der Waals surface area contributed by atoms with Crippen LogP contribution in [0.1, 0.15) is 13.8 Å². The van der Waals surface area contributed by atoms with Gasteiger partial charge in [-0.3, -0.25) is 0 Å². The maximum absolute atomic E-state index is 12.5. The Labute approximate surface area is 102 Å². The van der Waals surface area contributed by atoms with Crippen molar-refractivity contribution in [1.29, 1.82) is 0 Å². The predicted molar refractivity (Wildman–Crippen MR) is 65.2 cm³/mol. The number of benzene rings is 1. The van der Waals surface area contributed by atoms with Crippen LogP contribution in [0, 0.1) is 0 Å². The lowest BCUT2D eigenvalue weighted by atomic mass is 10.2. The molecular formula is C12H17NO3S. The van der Waals surface area contributed by atoms with E-state index in [-0.39, 0.29) is 12.1 Å². The van der Waals surface area contributed by atoms with Crippen LogP contribution in [0.25, 0.3) is 0 Å². The number of rotatable bonds is 2. The molecule has 0 radical (unpaired) electrons. The summed E-state index contributed by atoms with van der Waals surface area (Å²) >= 11 is 0. The van der Waals surface area contributed by atoms with E-state index < -0.39 is 10.0 Å². The lowest BCUT2D eigenvalue weighted by Gasteiger charge is -2.37. The molecule has 2 unspecified atom stereocenters. The van der Waals surface area contributed by atoms with E-state index in [0.29, 0.717) is 18.1 Å². The first-order chi connectivity index (χ1) is 8.03. The van der Waals surface area contributed by atoms with E-state index >= 15 is 0 Å². The van der Waals surface area contributed by atoms with Crippen molar-refractivity contribution in [2.45, 2.75) is 30.8 Å². The zero-order valence-electron chi connectivity index (χ0n) is 10.0. The maximum atomic E-state index is 12.5. The first-order valence-corrected chi connectivity index (χ1v) is 7.14. The molecule has 5 heteroatoms. The van der Waals surface area contributed by atoms with Crippen LogP contribution in [0.5, 0.6) is 0 Å². The maximum Gasteiger partial charge on any atom is 0.243 e. The molecule has 0 amide bonds. The highest BCUT2D eigenvalue weighted by Gasteiger charge is 2.36. The number of sulfonamides is 1. The summed E-state index contributed by atoms with van der Waals surface area (Å²) in [4.78, 5) is 0.348. The average Bonchev–Trinajstić information content (AvgIpc) is 2.29. The van der Waals surface area contributed by atoms with Crippen molar-refractivity contribution in [3.8, 4) is 0 Å². The molecule has 1 heterocycles. The van der Waals surface area contributed by atoms with Gasteiger partial charge in [-0.15, -0.1) is 0 Å². The van der Waals surface area contributed by atoms with E-state index in [1.807, 2.05) is 19.9 Å². The first-order valence-electron chi connectivity index (χ1n) is 5.70. The molecule has 1 aromatic rings. The number of ether oxygens (including phenoxy) is 1. The minimum Gasteiger partial charge on any atom is -0.378 e. The van der Waals surface area contributed by atoms with Gasteiger partial charge in [0.05, 0.1) is 18.1 Å². The SMILES string of the molecule is CC1COCC(C)N1S(=O)(=O)c1ccccc1. The largest absolute Gasteiger partial charge is 0.378 e. The molecule has 2 atom stereocenters. The lowest BCUT2D eigenvalue weighted by Crippen LogP contribution is -2.52. The van der Waals surface area contributed by atoms with Gasteiger partial charge < -0.3 is 4.74 Å². The van der Waals surface area contributed by atoms with E-state index in [4.69, 9.17) is 4.74 Å². The number of nitrogens with zero attached hydrogens (tertiary/aromatic N) is 1. The molecule has 1 aliphatic rings. The lowest BCUT2D eigenvalue weighted by molar-refractivity contribution is 0.00636. The van der Waals surface area contributed by atoms with Crippen LogP contribution < -0.4 is 0 Å². The minimum absolute atomic E-state index is 0.121. The van der Waals surface area contributed by atoms with Crippen LogP contribution in [0.3, 0.4) is 0 Å². The Kier molecular flexibility index (Phi) is 3.51. The fourth-order valence-corrected chi connectivity index (χ4v) is 3.99. The van der Waals surface area contributed by atoms with Gasteiger partial charge in [0.25, 0.3) is 0 Å². The third kappa shape index (κ3) is 2.36. The molecule has 17 heavy (non-hydrogen) atoms. The summed E-state index contributed by atoms with van der Waals surface area (Å²) < 4.78 is 31.9. The predicted octanol–water partition coefficient (Wildman–Crippen LogP) is 1.48. The Morgan fingerprint density at radius 1 is 1.12 bits per heavy atom. The van der Waals surface area contributed by atoms with Crippen molar-refractivity contribution in [3.63, 3.8) is 0 Å². The molecule has 0 bridgehead atoms. The zero-order chi connectivity index (χ0) is 12.5. The van der Waals surface area contributed by atoms with Crippen molar-refractivity contribution in [1.82, 2.24) is 4.31 Å². The Balaban J connectivity index is 2.38. The Bertz CT molecular complexity index is 462. The molecule has 2 rings (SSSR count). The molecule has 0 saturated carbocycles. The van der Waals surface area contributed by atoms with Crippen molar-refractivity contribution < 1.29 is 13.2 Å². The monoisotopic (exact) mass is 255 g/mol. The summed E-state index contributed by atoms with van der Waals surface area (Å²) in [7, 11) is -3.41. The van der Waals surface area contributed by atoms with E-state index in [9.17, 15) is 8.42 Å². The fraction of sp³-hybridized carbons (Fsp3) is 0.500. The molecule has 0 aromatic heterocycles. The number of hydrogen-bond acceptors (Lipinski definition) is 3. The molecule has 1 aromatic carbocycles. The average molecular weight is 255 g/mol. The fourth-order valence-electron chi connectivity index (χ4n) is 2.18. The summed E-state index contributed by atoms with van der Waals surface area (Å²) in [5.74, 6) is 0. The summed E-state index contributed by atoms with van der Waals surface area (Å²) in [5, 5.41) is 0. The van der Waals surface area contributed by atoms with Gasteiger partial charge in [0, 0.05) is 12.1 Å². The summed E-state index contributed by atoms with van der Waals surface area (Å²) in [5.41, 5.74) is 0. The molecular weight excluding hydrogens is 238 g/mol. The highest BCUT2D eigenvalue weighted by molar-refractivity contribution is 7.89. The molecule has 4 nitrogen and oxygen atoms in total. The van der Waals surface area contributed by atoms with Crippen LogP contribution in [0.15, 0.2) is 35.2 Å². The van der Waals surface area contributed by atoms with Gasteiger partial charge in [-0.1, -0.05) is 18.2 Å². The topological polar surface area (TPSA) is 46.6 Å². The van der Waals surface area contributed by atoms with E-state index in [1.54, 1.807) is 28.6 Å². The number of hydrogen-bond donors (Lipinski definition) is 0. The molecule has 1 saturated heterocycles. The summed E-state index contributed by atoms with van der Waals surface area (Å²) in [6, 6.07) is 8.30. The van der Waals surface area contributed by atoms with Gasteiger partial charge in [-0.25, -0.2) is 8.42 Å². The molecule has 0 aliphatic carbocycles. The Hall–Kier alpha value is -0.910. The van der Waals surface area contributed by atoms with Gasteiger partial charge in [0.1, 0.15) is 0 Å². The van der Waals surface area contributed by atoms with Crippen LogP contribution in [0.4, 0.5) is 0 Å². The molecule has 94 valence electrons. The van der Waals surface area contributed by atoms with Gasteiger partial charge in [-0.2, -0.15) is 4.31 Å². The van der Waals surface area contributed by atoms with Crippen molar-refractivity contribution >= 4 is 10.0 Å². The van der Waals surface area contributed by atoms with Crippen LogP contribution in [0.2, 0.25) is 0 Å². The second kappa shape index (κ2) is 4.76. The Morgan fingerprint density at radius 3 is 2.18 bits per heavy atom. The standard InChI is InChI=1S/C12H17NO3S/c1-10-8-16-9-11(2)13(10)17(14,15)12-6-4-3-5-7-12/h3-7,10-11H,8-9H2,1-2H3. The van der Waals surface area contributed by atoms with E-state index in [2.05, 4.69) is 0 Å². The highest BCUT2D eigenvalue weighted by atomic mass is 32.2. The van der Waals surface area contributed by atoms with Gasteiger partial charge >= 0.3 is 0 Å². The number of morpholine rings is 1. The van der Waals surface area contributed by atoms with E-state index in [0.717, 1.165) is 0 Å². The van der Waals surface area contributed by atoms with Crippen LogP contribution >= 0.6 is 0 Å². The summed E-state index contributed by atoms with van der Waals surface area (Å²) in [6.07, 6.45) is 0. The molecule has 1 aliphatic heterocycles. The van der Waals surface area contributed by atoms with Crippen molar-refractivity contribution in [2.24, 2.45) is 0 Å². The second-order valence-electron chi connectivity index (χ2n) is 4.38. The Morgan fingerprint density at radius 2 is 1.65 bits per heavy atom. The normalized spacial score (nSPS) is 26.9. The molecule has 1 fully saturated rings. The van der Waals surface area contributed by atoms with Crippen LogP contribution in [-0.4, -0.2) is 38.0 Å². The third-order valence-electron chi connectivity index (χ3n) is 2.91. The van der Waals surface area contributed by atoms with Crippen LogP contribution in [-0.2, 0) is 14.8 Å². The third-order valence-corrected chi connectivity index (χ3v) is 5.05. The van der Waals surface area contributed by atoms with Crippen molar-refractivity contribution in [2.75, 3.05) is 13.2 Å². The highest BCUT2D eigenvalue weighted by Crippen LogP contribution is 2.23. The van der Waals surface area contributed by atoms with E-state index in [1.165, 1.54) is 0 Å². The second-order valence-corrected chi connectivity index (χ2v) is 6.23. The van der Waals surface area contributed by atoms with Gasteiger partial charge in [-0.05, 0) is 26.0 Å². The zero-order valence-corrected chi connectivity index (χ0v) is 10.9. The molecule has 0 N–H and O–H groups in total.